The van der Waals surface area contributed by atoms with Gasteiger partial charge in [-0.2, -0.15) is 0 Å². The molecule has 0 saturated heterocycles. The van der Waals surface area contributed by atoms with E-state index in [1.54, 1.807) is 0 Å². The van der Waals surface area contributed by atoms with Crippen molar-refractivity contribution in [3.05, 3.63) is 0 Å². The largest absolute Gasteiger partial charge is 0.466 e. The second-order valence-corrected chi connectivity index (χ2v) is 4.46. The van der Waals surface area contributed by atoms with Crippen LogP contribution in [0.2, 0.25) is 0 Å². The first-order valence-electron chi connectivity index (χ1n) is 5.40. The predicted octanol–water partition coefficient (Wildman–Crippen LogP) is 2.11. The number of hydrogen-bond acceptors (Lipinski definition) is 3. The maximum absolute atomic E-state index is 11.1. The number of carbonyl (C=O) groups is 1. The molecule has 0 aliphatic heterocycles. The zero-order valence-electron chi connectivity index (χ0n) is 9.24. The fraction of sp³-hybridized carbons (Fsp3) is 0.900. The van der Waals surface area contributed by atoms with Gasteiger partial charge in [0.1, 0.15) is 0 Å². The van der Waals surface area contributed by atoms with E-state index in [0.717, 1.165) is 19.3 Å². The average molecular weight is 236 g/mol. The normalized spacial score (nSPS) is 12.4. The van der Waals surface area contributed by atoms with Crippen molar-refractivity contribution in [1.82, 2.24) is 0 Å². The fourth-order valence-corrected chi connectivity index (χ4v) is 1.56. The highest BCUT2D eigenvalue weighted by atomic mass is 32.2. The number of esters is 1. The molecule has 0 saturated carbocycles. The third kappa shape index (κ3) is 11.5. The Morgan fingerprint density at radius 1 is 1.27 bits per heavy atom. The van der Waals surface area contributed by atoms with Crippen molar-refractivity contribution in [3.63, 3.8) is 0 Å². The summed E-state index contributed by atoms with van der Waals surface area (Å²) in [7, 11) is 0. The minimum absolute atomic E-state index is 0.199. The van der Waals surface area contributed by atoms with Crippen LogP contribution in [0.1, 0.15) is 45.4 Å². The van der Waals surface area contributed by atoms with E-state index in [9.17, 15) is 9.00 Å². The summed E-state index contributed by atoms with van der Waals surface area (Å²) in [5.74, 6) is 0.0400. The van der Waals surface area contributed by atoms with Crippen LogP contribution < -0.4 is 0 Å². The molecule has 0 aliphatic rings. The highest BCUT2D eigenvalue weighted by Gasteiger charge is 2.02. The minimum Gasteiger partial charge on any atom is -0.466 e. The topological polar surface area (TPSA) is 63.6 Å². The Labute approximate surface area is 93.7 Å². The molecular weight excluding hydrogens is 216 g/mol. The molecule has 0 radical (unpaired) electrons. The Morgan fingerprint density at radius 2 is 2.00 bits per heavy atom. The Kier molecular flexibility index (Phi) is 9.83. The van der Waals surface area contributed by atoms with Crippen LogP contribution in [-0.4, -0.2) is 27.1 Å². The SMILES string of the molecule is CCCCCOC(=O)CCCCS(=O)O. The van der Waals surface area contributed by atoms with E-state index >= 15 is 0 Å². The van der Waals surface area contributed by atoms with Crippen LogP contribution in [0.3, 0.4) is 0 Å². The van der Waals surface area contributed by atoms with E-state index < -0.39 is 11.1 Å². The van der Waals surface area contributed by atoms with Gasteiger partial charge in [0, 0.05) is 12.2 Å². The summed E-state index contributed by atoms with van der Waals surface area (Å²) in [5.41, 5.74) is 0. The second kappa shape index (κ2) is 10.1. The Morgan fingerprint density at radius 3 is 2.60 bits per heavy atom. The Hall–Kier alpha value is -0.420. The standard InChI is InChI=1S/C10H20O4S/c1-2-3-5-8-14-10(11)7-4-6-9-15(12)13/h2-9H2,1H3,(H,12,13). The summed E-state index contributed by atoms with van der Waals surface area (Å²) in [6.45, 7) is 2.59. The molecule has 90 valence electrons. The molecule has 5 heteroatoms. The van der Waals surface area contributed by atoms with Crippen molar-refractivity contribution in [3.8, 4) is 0 Å². The summed E-state index contributed by atoms with van der Waals surface area (Å²) in [6.07, 6.45) is 4.68. The molecule has 0 aromatic carbocycles. The summed E-state index contributed by atoms with van der Waals surface area (Å²) >= 11 is -1.74. The maximum Gasteiger partial charge on any atom is 0.305 e. The molecule has 0 heterocycles. The van der Waals surface area contributed by atoms with Gasteiger partial charge >= 0.3 is 5.97 Å². The molecule has 0 aliphatic carbocycles. The summed E-state index contributed by atoms with van der Waals surface area (Å²) in [5, 5.41) is 0. The Bertz CT molecular complexity index is 194. The number of unbranched alkanes of at least 4 members (excludes halogenated alkanes) is 3. The van der Waals surface area contributed by atoms with Crippen LogP contribution in [0.5, 0.6) is 0 Å². The van der Waals surface area contributed by atoms with E-state index in [1.807, 2.05) is 0 Å². The van der Waals surface area contributed by atoms with Crippen molar-refractivity contribution in [2.24, 2.45) is 0 Å². The monoisotopic (exact) mass is 236 g/mol. The molecule has 4 nitrogen and oxygen atoms in total. The van der Waals surface area contributed by atoms with Crippen LogP contribution in [0, 0.1) is 0 Å². The second-order valence-electron chi connectivity index (χ2n) is 3.41. The van der Waals surface area contributed by atoms with E-state index in [0.29, 0.717) is 25.9 Å². The average Bonchev–Trinajstić information content (AvgIpc) is 2.19. The van der Waals surface area contributed by atoms with E-state index in [4.69, 9.17) is 9.29 Å². The quantitative estimate of drug-likeness (QED) is 0.378. The van der Waals surface area contributed by atoms with Gasteiger partial charge in [-0.3, -0.25) is 4.79 Å². The molecule has 1 unspecified atom stereocenters. The molecule has 0 spiro atoms. The summed E-state index contributed by atoms with van der Waals surface area (Å²) < 4.78 is 23.7. The highest BCUT2D eigenvalue weighted by molar-refractivity contribution is 7.79. The first-order chi connectivity index (χ1) is 7.16. The smallest absolute Gasteiger partial charge is 0.305 e. The van der Waals surface area contributed by atoms with Crippen molar-refractivity contribution >= 4 is 17.0 Å². The van der Waals surface area contributed by atoms with Gasteiger partial charge in [0.05, 0.1) is 6.61 Å². The molecular formula is C10H20O4S. The van der Waals surface area contributed by atoms with Gasteiger partial charge in [0.15, 0.2) is 11.1 Å². The highest BCUT2D eigenvalue weighted by Crippen LogP contribution is 2.00. The molecule has 0 fully saturated rings. The van der Waals surface area contributed by atoms with Crippen LogP contribution >= 0.6 is 0 Å². The lowest BCUT2D eigenvalue weighted by molar-refractivity contribution is -0.143. The summed E-state index contributed by atoms with van der Waals surface area (Å²) in [6, 6.07) is 0. The maximum atomic E-state index is 11.1. The zero-order valence-corrected chi connectivity index (χ0v) is 10.1. The fourth-order valence-electron chi connectivity index (χ4n) is 1.11. The van der Waals surface area contributed by atoms with Crippen molar-refractivity contribution in [1.29, 1.82) is 0 Å². The van der Waals surface area contributed by atoms with E-state index in [2.05, 4.69) is 6.92 Å². The van der Waals surface area contributed by atoms with Crippen LogP contribution in [0.15, 0.2) is 0 Å². The minimum atomic E-state index is -1.74. The number of hydrogen-bond donors (Lipinski definition) is 1. The third-order valence-electron chi connectivity index (χ3n) is 1.96. The predicted molar refractivity (Wildman–Crippen MR) is 60.0 cm³/mol. The van der Waals surface area contributed by atoms with Crippen LogP contribution in [-0.2, 0) is 20.6 Å². The molecule has 15 heavy (non-hydrogen) atoms. The van der Waals surface area contributed by atoms with Gasteiger partial charge < -0.3 is 9.29 Å². The first kappa shape index (κ1) is 14.6. The Balaban J connectivity index is 3.22. The van der Waals surface area contributed by atoms with Crippen molar-refractivity contribution in [2.75, 3.05) is 12.4 Å². The first-order valence-corrected chi connectivity index (χ1v) is 6.67. The molecule has 0 bridgehead atoms. The van der Waals surface area contributed by atoms with Gasteiger partial charge in [-0.25, -0.2) is 4.21 Å². The lowest BCUT2D eigenvalue weighted by atomic mass is 10.2. The van der Waals surface area contributed by atoms with Crippen LogP contribution in [0.25, 0.3) is 0 Å². The number of rotatable bonds is 9. The van der Waals surface area contributed by atoms with Gasteiger partial charge in [0.2, 0.25) is 0 Å². The van der Waals surface area contributed by atoms with Crippen molar-refractivity contribution < 1.29 is 18.3 Å². The number of carbonyl (C=O) groups excluding carboxylic acids is 1. The molecule has 0 rings (SSSR count). The molecule has 1 N–H and O–H groups in total. The lowest BCUT2D eigenvalue weighted by Crippen LogP contribution is -2.06. The molecule has 0 aromatic heterocycles. The van der Waals surface area contributed by atoms with Gasteiger partial charge in [-0.05, 0) is 19.3 Å². The van der Waals surface area contributed by atoms with Gasteiger partial charge in [0.25, 0.3) is 0 Å². The van der Waals surface area contributed by atoms with E-state index in [1.165, 1.54) is 0 Å². The molecule has 0 amide bonds. The lowest BCUT2D eigenvalue weighted by Gasteiger charge is -2.03. The number of ether oxygens (including phenoxy) is 1. The summed E-state index contributed by atoms with van der Waals surface area (Å²) in [4.78, 5) is 11.1. The molecule has 0 aromatic rings. The van der Waals surface area contributed by atoms with Gasteiger partial charge in [-0.1, -0.05) is 19.8 Å². The van der Waals surface area contributed by atoms with E-state index in [-0.39, 0.29) is 11.7 Å². The third-order valence-corrected chi connectivity index (χ3v) is 2.60. The van der Waals surface area contributed by atoms with Gasteiger partial charge in [-0.15, -0.1) is 0 Å². The molecule has 1 atom stereocenters. The van der Waals surface area contributed by atoms with Crippen molar-refractivity contribution in [2.45, 2.75) is 45.4 Å². The van der Waals surface area contributed by atoms with Crippen LogP contribution in [0.4, 0.5) is 0 Å². The zero-order chi connectivity index (χ0) is 11.5.